The molecule has 1 aromatic rings. The molecule has 11 nitrogen and oxygen atoms in total. The van der Waals surface area contributed by atoms with Gasteiger partial charge in [-0.2, -0.15) is 0 Å². The van der Waals surface area contributed by atoms with Crippen LogP contribution in [0, 0.1) is 0 Å². The number of anilines is 2. The number of piperazine rings is 1. The number of nitrogens with zero attached hydrogens (tertiary/aromatic N) is 4. The van der Waals surface area contributed by atoms with Crippen LogP contribution in [0.2, 0.25) is 0 Å². The van der Waals surface area contributed by atoms with Gasteiger partial charge >= 0.3 is 12.1 Å². The van der Waals surface area contributed by atoms with Crippen LogP contribution in [-0.2, 0) is 20.7 Å². The SMILES string of the molecule is CC(C)(C)OC(=O)N1CCN(c2ccnc3c2CCCN3C(=O)NC2CCC(=O)NC2=O)CC1. The van der Waals surface area contributed by atoms with Crippen molar-refractivity contribution in [2.45, 2.75) is 58.1 Å². The number of hydrogen-bond donors (Lipinski definition) is 2. The molecule has 184 valence electrons. The zero-order chi connectivity index (χ0) is 24.5. The molecule has 2 saturated heterocycles. The first-order valence-electron chi connectivity index (χ1n) is 11.7. The molecule has 3 aliphatic heterocycles. The number of hydrogen-bond acceptors (Lipinski definition) is 7. The Bertz CT molecular complexity index is 983. The molecular formula is C23H32N6O5. The van der Waals surface area contributed by atoms with Crippen LogP contribution < -0.4 is 20.4 Å². The number of urea groups is 1. The van der Waals surface area contributed by atoms with Gasteiger partial charge in [0.1, 0.15) is 17.5 Å². The number of aromatic nitrogens is 1. The van der Waals surface area contributed by atoms with Gasteiger partial charge in [0.05, 0.1) is 0 Å². The van der Waals surface area contributed by atoms with E-state index in [9.17, 15) is 19.2 Å². The van der Waals surface area contributed by atoms with Crippen LogP contribution in [0.1, 0.15) is 45.6 Å². The van der Waals surface area contributed by atoms with Gasteiger partial charge in [0.25, 0.3) is 0 Å². The van der Waals surface area contributed by atoms with E-state index >= 15 is 0 Å². The van der Waals surface area contributed by atoms with Crippen molar-refractivity contribution in [3.63, 3.8) is 0 Å². The van der Waals surface area contributed by atoms with Gasteiger partial charge in [0.2, 0.25) is 11.8 Å². The largest absolute Gasteiger partial charge is 0.444 e. The van der Waals surface area contributed by atoms with Crippen molar-refractivity contribution in [3.8, 4) is 0 Å². The highest BCUT2D eigenvalue weighted by atomic mass is 16.6. The molecule has 0 spiro atoms. The van der Waals surface area contributed by atoms with E-state index in [1.54, 1.807) is 16.0 Å². The second-order valence-electron chi connectivity index (χ2n) is 9.80. The number of carbonyl (C=O) groups is 4. The summed E-state index contributed by atoms with van der Waals surface area (Å²) < 4.78 is 5.49. The lowest BCUT2D eigenvalue weighted by molar-refractivity contribution is -0.134. The molecule has 2 fully saturated rings. The first kappa shape index (κ1) is 23.8. The Balaban J connectivity index is 1.44. The van der Waals surface area contributed by atoms with E-state index in [0.29, 0.717) is 38.5 Å². The molecule has 0 aliphatic carbocycles. The molecule has 0 saturated carbocycles. The molecule has 0 radical (unpaired) electrons. The average Bonchev–Trinajstić information content (AvgIpc) is 2.79. The van der Waals surface area contributed by atoms with Crippen LogP contribution >= 0.6 is 0 Å². The fourth-order valence-electron chi connectivity index (χ4n) is 4.47. The Morgan fingerprint density at radius 3 is 2.53 bits per heavy atom. The lowest BCUT2D eigenvalue weighted by Crippen LogP contribution is -2.56. The van der Waals surface area contributed by atoms with E-state index in [1.165, 1.54) is 0 Å². The third kappa shape index (κ3) is 5.23. The molecule has 0 bridgehead atoms. The summed E-state index contributed by atoms with van der Waals surface area (Å²) in [7, 11) is 0. The summed E-state index contributed by atoms with van der Waals surface area (Å²) in [6.07, 6.45) is 3.42. The summed E-state index contributed by atoms with van der Waals surface area (Å²) in [5.41, 5.74) is 1.46. The second kappa shape index (κ2) is 9.47. The maximum Gasteiger partial charge on any atom is 0.410 e. The van der Waals surface area contributed by atoms with E-state index in [4.69, 9.17) is 4.74 Å². The molecule has 5 amide bonds. The maximum absolute atomic E-state index is 13.0. The molecule has 4 heterocycles. The van der Waals surface area contributed by atoms with Crippen molar-refractivity contribution in [1.29, 1.82) is 0 Å². The van der Waals surface area contributed by atoms with Gasteiger partial charge in [-0.05, 0) is 46.1 Å². The summed E-state index contributed by atoms with van der Waals surface area (Å²) in [5.74, 6) is -0.216. The Hall–Kier alpha value is -3.37. The van der Waals surface area contributed by atoms with Crippen molar-refractivity contribution in [2.24, 2.45) is 0 Å². The molecule has 1 unspecified atom stereocenters. The van der Waals surface area contributed by atoms with E-state index in [0.717, 1.165) is 24.1 Å². The van der Waals surface area contributed by atoms with Gasteiger partial charge < -0.3 is 19.9 Å². The smallest absolute Gasteiger partial charge is 0.410 e. The monoisotopic (exact) mass is 472 g/mol. The van der Waals surface area contributed by atoms with E-state index in [1.807, 2.05) is 26.8 Å². The van der Waals surface area contributed by atoms with Crippen molar-refractivity contribution in [2.75, 3.05) is 42.5 Å². The summed E-state index contributed by atoms with van der Waals surface area (Å²) in [4.78, 5) is 58.8. The highest BCUT2D eigenvalue weighted by Gasteiger charge is 2.33. The normalized spacial score (nSPS) is 21.0. The minimum Gasteiger partial charge on any atom is -0.444 e. The minimum absolute atomic E-state index is 0.199. The summed E-state index contributed by atoms with van der Waals surface area (Å²) in [5, 5.41) is 5.01. The molecule has 11 heteroatoms. The third-order valence-corrected chi connectivity index (χ3v) is 6.13. The lowest BCUT2D eigenvalue weighted by Gasteiger charge is -2.39. The number of nitrogens with one attached hydrogen (secondary N) is 2. The van der Waals surface area contributed by atoms with E-state index in [2.05, 4.69) is 20.5 Å². The van der Waals surface area contributed by atoms with Gasteiger partial charge in [-0.25, -0.2) is 14.6 Å². The summed E-state index contributed by atoms with van der Waals surface area (Å²) in [6.45, 7) is 8.45. The number of ether oxygens (including phenoxy) is 1. The fraction of sp³-hybridized carbons (Fsp3) is 0.609. The fourth-order valence-corrected chi connectivity index (χ4v) is 4.47. The molecule has 0 aromatic carbocycles. The molecule has 2 N–H and O–H groups in total. The van der Waals surface area contributed by atoms with Crippen LogP contribution in [0.4, 0.5) is 21.1 Å². The third-order valence-electron chi connectivity index (χ3n) is 6.13. The zero-order valence-corrected chi connectivity index (χ0v) is 19.9. The zero-order valence-electron chi connectivity index (χ0n) is 19.9. The number of imide groups is 1. The van der Waals surface area contributed by atoms with Gasteiger partial charge in [0, 0.05) is 56.6 Å². The predicted molar refractivity (Wildman–Crippen MR) is 125 cm³/mol. The van der Waals surface area contributed by atoms with Gasteiger partial charge in [-0.1, -0.05) is 0 Å². The second-order valence-corrected chi connectivity index (χ2v) is 9.80. The highest BCUT2D eigenvalue weighted by molar-refractivity contribution is 6.03. The molecule has 1 aromatic heterocycles. The predicted octanol–water partition coefficient (Wildman–Crippen LogP) is 1.41. The quantitative estimate of drug-likeness (QED) is 0.624. The summed E-state index contributed by atoms with van der Waals surface area (Å²) in [6, 6.07) is 0.818. The number of fused-ring (bicyclic) bond motifs is 1. The van der Waals surface area contributed by atoms with Crippen LogP contribution in [-0.4, -0.2) is 78.2 Å². The van der Waals surface area contributed by atoms with Gasteiger partial charge in [0.15, 0.2) is 0 Å². The van der Waals surface area contributed by atoms with Crippen molar-refractivity contribution < 1.29 is 23.9 Å². The summed E-state index contributed by atoms with van der Waals surface area (Å²) >= 11 is 0. The Labute approximate surface area is 198 Å². The first-order chi connectivity index (χ1) is 16.1. The van der Waals surface area contributed by atoms with Crippen molar-refractivity contribution in [1.82, 2.24) is 20.5 Å². The van der Waals surface area contributed by atoms with Gasteiger partial charge in [-0.15, -0.1) is 0 Å². The lowest BCUT2D eigenvalue weighted by atomic mass is 10.0. The standard InChI is InChI=1S/C23H32N6O5/c1-23(2,3)34-22(33)28-13-11-27(12-14-28)17-8-9-24-19-15(17)5-4-10-29(19)21(32)25-16-6-7-18(30)26-20(16)31/h8-9,16H,4-7,10-14H2,1-3H3,(H,25,32)(H,26,30,31). The Kier molecular flexibility index (Phi) is 6.63. The highest BCUT2D eigenvalue weighted by Crippen LogP contribution is 2.33. The number of pyridine rings is 1. The topological polar surface area (TPSA) is 124 Å². The number of carbonyl (C=O) groups excluding carboxylic acids is 4. The molecular weight excluding hydrogens is 440 g/mol. The molecule has 3 aliphatic rings. The van der Waals surface area contributed by atoms with Crippen LogP contribution in [0.15, 0.2) is 12.3 Å². The molecule has 4 rings (SSSR count). The Morgan fingerprint density at radius 2 is 1.85 bits per heavy atom. The van der Waals surface area contributed by atoms with E-state index < -0.39 is 23.6 Å². The van der Waals surface area contributed by atoms with E-state index in [-0.39, 0.29) is 24.8 Å². The molecule has 1 atom stereocenters. The van der Waals surface area contributed by atoms with Crippen LogP contribution in [0.5, 0.6) is 0 Å². The molecule has 34 heavy (non-hydrogen) atoms. The maximum atomic E-state index is 13.0. The minimum atomic E-state index is -0.736. The van der Waals surface area contributed by atoms with Crippen molar-refractivity contribution >= 4 is 35.4 Å². The number of amides is 5. The first-order valence-corrected chi connectivity index (χ1v) is 11.7. The van der Waals surface area contributed by atoms with Crippen molar-refractivity contribution in [3.05, 3.63) is 17.8 Å². The average molecular weight is 473 g/mol. The van der Waals surface area contributed by atoms with Crippen LogP contribution in [0.3, 0.4) is 0 Å². The Morgan fingerprint density at radius 1 is 1.12 bits per heavy atom. The number of piperidine rings is 1. The number of rotatable bonds is 2. The van der Waals surface area contributed by atoms with Crippen LogP contribution in [0.25, 0.3) is 0 Å². The van der Waals surface area contributed by atoms with Gasteiger partial charge in [-0.3, -0.25) is 19.8 Å².